The number of piperazine rings is 1. The Bertz CT molecular complexity index is 812. The summed E-state index contributed by atoms with van der Waals surface area (Å²) in [6, 6.07) is 10.2. The number of rotatable bonds is 4. The van der Waals surface area contributed by atoms with Gasteiger partial charge in [0.05, 0.1) is 5.69 Å². The van der Waals surface area contributed by atoms with Crippen molar-refractivity contribution >= 4 is 12.0 Å². The number of aryl methyl sites for hydroxylation is 1. The Morgan fingerprint density at radius 1 is 1.16 bits per heavy atom. The molecule has 2 heterocycles. The summed E-state index contributed by atoms with van der Waals surface area (Å²) in [6.07, 6.45) is 4.25. The zero-order valence-corrected chi connectivity index (χ0v) is 14.6. The highest BCUT2D eigenvalue weighted by Crippen LogP contribution is 2.10. The molecule has 0 unspecified atom stereocenters. The van der Waals surface area contributed by atoms with Crippen LogP contribution in [-0.2, 0) is 7.05 Å². The van der Waals surface area contributed by atoms with Crippen molar-refractivity contribution in [1.82, 2.24) is 14.5 Å². The van der Waals surface area contributed by atoms with Crippen LogP contribution in [0, 0.1) is 6.92 Å². The third-order valence-corrected chi connectivity index (χ3v) is 4.60. The molecule has 0 aliphatic carbocycles. The lowest BCUT2D eigenvalue weighted by molar-refractivity contribution is 0.0647. The zero-order chi connectivity index (χ0) is 17.8. The standard InChI is InChI=1S/C19H23N3O3/c1-15-17(19(24)25-20(15)2)18(23)22-13-11-21(12-14-22)10-6-9-16-7-4-3-5-8-16/h3-9H,10-14H2,1-2H3/b9-6+. The SMILES string of the molecule is Cc1c(C(=O)N2CCN(C/C=C/c3ccccc3)CC2)c(=O)on1C. The molecule has 1 aromatic carbocycles. The maximum absolute atomic E-state index is 12.6. The summed E-state index contributed by atoms with van der Waals surface area (Å²) < 4.78 is 6.31. The molecule has 1 aliphatic rings. The predicted molar refractivity (Wildman–Crippen MR) is 96.5 cm³/mol. The van der Waals surface area contributed by atoms with Gasteiger partial charge in [0, 0.05) is 39.8 Å². The van der Waals surface area contributed by atoms with Gasteiger partial charge in [0.1, 0.15) is 5.56 Å². The molecule has 0 spiro atoms. The topological polar surface area (TPSA) is 58.7 Å². The maximum Gasteiger partial charge on any atom is 0.370 e. The Labute approximate surface area is 146 Å². The van der Waals surface area contributed by atoms with E-state index in [9.17, 15) is 9.59 Å². The van der Waals surface area contributed by atoms with Gasteiger partial charge in [-0.25, -0.2) is 9.53 Å². The van der Waals surface area contributed by atoms with Gasteiger partial charge in [-0.15, -0.1) is 0 Å². The van der Waals surface area contributed by atoms with Crippen LogP contribution in [0.3, 0.4) is 0 Å². The highest BCUT2D eigenvalue weighted by atomic mass is 16.5. The van der Waals surface area contributed by atoms with Crippen LogP contribution in [0.5, 0.6) is 0 Å². The fraction of sp³-hybridized carbons (Fsp3) is 0.368. The van der Waals surface area contributed by atoms with E-state index in [-0.39, 0.29) is 11.5 Å². The van der Waals surface area contributed by atoms with E-state index in [4.69, 9.17) is 4.52 Å². The third-order valence-electron chi connectivity index (χ3n) is 4.60. The van der Waals surface area contributed by atoms with E-state index in [1.165, 1.54) is 10.3 Å². The summed E-state index contributed by atoms with van der Waals surface area (Å²) in [6.45, 7) is 5.40. The molecular formula is C19H23N3O3. The van der Waals surface area contributed by atoms with Crippen LogP contribution in [0.4, 0.5) is 0 Å². The molecule has 0 atom stereocenters. The van der Waals surface area contributed by atoms with E-state index in [1.54, 1.807) is 18.9 Å². The summed E-state index contributed by atoms with van der Waals surface area (Å²) in [7, 11) is 1.63. The van der Waals surface area contributed by atoms with Crippen molar-refractivity contribution in [3.05, 3.63) is 63.6 Å². The van der Waals surface area contributed by atoms with Gasteiger partial charge >= 0.3 is 5.63 Å². The maximum atomic E-state index is 12.6. The molecule has 0 radical (unpaired) electrons. The highest BCUT2D eigenvalue weighted by molar-refractivity contribution is 5.94. The number of benzene rings is 1. The van der Waals surface area contributed by atoms with Crippen LogP contribution in [0.15, 0.2) is 45.7 Å². The Balaban J connectivity index is 1.54. The van der Waals surface area contributed by atoms with Gasteiger partial charge in [-0.2, -0.15) is 0 Å². The first-order chi connectivity index (χ1) is 12.1. The lowest BCUT2D eigenvalue weighted by Crippen LogP contribution is -2.49. The van der Waals surface area contributed by atoms with Crippen molar-refractivity contribution in [3.8, 4) is 0 Å². The number of nitrogens with zero attached hydrogens (tertiary/aromatic N) is 3. The predicted octanol–water partition coefficient (Wildman–Crippen LogP) is 1.76. The molecule has 0 N–H and O–H groups in total. The molecule has 6 heteroatoms. The van der Waals surface area contributed by atoms with Crippen molar-refractivity contribution in [2.24, 2.45) is 7.05 Å². The molecular weight excluding hydrogens is 318 g/mol. The van der Waals surface area contributed by atoms with Gasteiger partial charge in [0.25, 0.3) is 5.91 Å². The largest absolute Gasteiger partial charge is 0.370 e. The van der Waals surface area contributed by atoms with Crippen LogP contribution in [0.1, 0.15) is 21.6 Å². The second-order valence-corrected chi connectivity index (χ2v) is 6.24. The Morgan fingerprint density at radius 2 is 1.84 bits per heavy atom. The molecule has 1 amide bonds. The highest BCUT2D eigenvalue weighted by Gasteiger charge is 2.27. The first-order valence-corrected chi connectivity index (χ1v) is 8.46. The van der Waals surface area contributed by atoms with Crippen molar-refractivity contribution in [2.45, 2.75) is 6.92 Å². The molecule has 25 heavy (non-hydrogen) atoms. The van der Waals surface area contributed by atoms with Crippen molar-refractivity contribution < 1.29 is 9.32 Å². The van der Waals surface area contributed by atoms with Gasteiger partial charge in [0.2, 0.25) is 0 Å². The molecule has 6 nitrogen and oxygen atoms in total. The minimum Gasteiger partial charge on any atom is -0.336 e. The van der Waals surface area contributed by atoms with Gasteiger partial charge in [-0.3, -0.25) is 9.69 Å². The average molecular weight is 341 g/mol. The van der Waals surface area contributed by atoms with Crippen molar-refractivity contribution in [1.29, 1.82) is 0 Å². The summed E-state index contributed by atoms with van der Waals surface area (Å²) in [5.41, 5.74) is 1.35. The third kappa shape index (κ3) is 3.91. The Morgan fingerprint density at radius 3 is 2.44 bits per heavy atom. The van der Waals surface area contributed by atoms with E-state index < -0.39 is 5.63 Å². The summed E-state index contributed by atoms with van der Waals surface area (Å²) in [5.74, 6) is -0.230. The first-order valence-electron chi connectivity index (χ1n) is 8.46. The molecule has 1 fully saturated rings. The second kappa shape index (κ2) is 7.53. The fourth-order valence-electron chi connectivity index (χ4n) is 2.98. The number of hydrogen-bond donors (Lipinski definition) is 0. The minimum absolute atomic E-state index is 0.153. The number of carbonyl (C=O) groups is 1. The molecule has 0 saturated carbocycles. The van der Waals surface area contributed by atoms with Crippen molar-refractivity contribution in [3.63, 3.8) is 0 Å². The van der Waals surface area contributed by atoms with Gasteiger partial charge in [0.15, 0.2) is 0 Å². The van der Waals surface area contributed by atoms with E-state index in [0.717, 1.165) is 19.6 Å². The van der Waals surface area contributed by atoms with E-state index in [2.05, 4.69) is 29.2 Å². The number of hydrogen-bond acceptors (Lipinski definition) is 4. The average Bonchev–Trinajstić information content (AvgIpc) is 2.88. The molecule has 3 rings (SSSR count). The fourth-order valence-corrected chi connectivity index (χ4v) is 2.98. The van der Waals surface area contributed by atoms with Gasteiger partial charge in [-0.05, 0) is 12.5 Å². The Hall–Kier alpha value is -2.60. The first kappa shape index (κ1) is 17.2. The van der Waals surface area contributed by atoms with Gasteiger partial charge < -0.3 is 9.42 Å². The molecule has 132 valence electrons. The molecule has 1 aliphatic heterocycles. The van der Waals surface area contributed by atoms with Crippen LogP contribution >= 0.6 is 0 Å². The van der Waals surface area contributed by atoms with E-state index in [0.29, 0.717) is 18.8 Å². The Kier molecular flexibility index (Phi) is 5.19. The van der Waals surface area contributed by atoms with Crippen molar-refractivity contribution in [2.75, 3.05) is 32.7 Å². The van der Waals surface area contributed by atoms with Crippen LogP contribution in [0.2, 0.25) is 0 Å². The summed E-state index contributed by atoms with van der Waals surface area (Å²) in [5, 5.41) is 0. The lowest BCUT2D eigenvalue weighted by Gasteiger charge is -2.33. The van der Waals surface area contributed by atoms with Gasteiger partial charge in [-0.1, -0.05) is 42.5 Å². The number of amides is 1. The van der Waals surface area contributed by atoms with E-state index >= 15 is 0 Å². The monoisotopic (exact) mass is 341 g/mol. The quantitative estimate of drug-likeness (QED) is 0.850. The second-order valence-electron chi connectivity index (χ2n) is 6.24. The molecule has 1 aromatic heterocycles. The number of aromatic nitrogens is 1. The van der Waals surface area contributed by atoms with E-state index in [1.807, 2.05) is 18.2 Å². The zero-order valence-electron chi connectivity index (χ0n) is 14.6. The molecule has 0 bridgehead atoms. The molecule has 2 aromatic rings. The lowest BCUT2D eigenvalue weighted by atomic mass is 10.2. The summed E-state index contributed by atoms with van der Waals surface area (Å²) in [4.78, 5) is 28.4. The van der Waals surface area contributed by atoms with Crippen LogP contribution < -0.4 is 5.63 Å². The smallest absolute Gasteiger partial charge is 0.336 e. The normalized spacial score (nSPS) is 15.8. The van der Waals surface area contributed by atoms with Crippen LogP contribution in [0.25, 0.3) is 6.08 Å². The number of carbonyl (C=O) groups excluding carboxylic acids is 1. The molecule has 1 saturated heterocycles. The van der Waals surface area contributed by atoms with Crippen LogP contribution in [-0.4, -0.2) is 53.2 Å². The summed E-state index contributed by atoms with van der Waals surface area (Å²) >= 11 is 0. The minimum atomic E-state index is -0.557.